The molecular weight excluding hydrogens is 386 g/mol. The lowest BCUT2D eigenvalue weighted by Gasteiger charge is -2.40. The third kappa shape index (κ3) is 4.16. The number of morpholine rings is 1. The van der Waals surface area contributed by atoms with E-state index in [2.05, 4.69) is 10.2 Å². The Morgan fingerprint density at radius 2 is 1.80 bits per heavy atom. The molecule has 0 aliphatic carbocycles. The Morgan fingerprint density at radius 1 is 1.10 bits per heavy atom. The summed E-state index contributed by atoms with van der Waals surface area (Å²) in [7, 11) is 0. The van der Waals surface area contributed by atoms with Gasteiger partial charge in [0.05, 0.1) is 48.9 Å². The van der Waals surface area contributed by atoms with Crippen LogP contribution in [0.3, 0.4) is 0 Å². The predicted octanol–water partition coefficient (Wildman–Crippen LogP) is 2.12. The van der Waals surface area contributed by atoms with Gasteiger partial charge in [-0.3, -0.25) is 4.79 Å². The molecule has 3 heterocycles. The molecule has 0 N–H and O–H groups in total. The van der Waals surface area contributed by atoms with Gasteiger partial charge in [0.2, 0.25) is 0 Å². The summed E-state index contributed by atoms with van der Waals surface area (Å²) in [6.45, 7) is 7.27. The Bertz CT molecular complexity index is 908. The van der Waals surface area contributed by atoms with Crippen molar-refractivity contribution in [1.29, 1.82) is 0 Å². The minimum absolute atomic E-state index is 0.104. The summed E-state index contributed by atoms with van der Waals surface area (Å²) in [6, 6.07) is 6.94. The average molecular weight is 413 g/mol. The van der Waals surface area contributed by atoms with Gasteiger partial charge >= 0.3 is 6.09 Å². The SMILES string of the molecule is CC(C)(C)OC(=O)N1CCC2COCC(C1)N2C(=O)c1ccccc1-n1nccn1. The van der Waals surface area contributed by atoms with Crippen molar-refractivity contribution in [3.05, 3.63) is 42.2 Å². The Balaban J connectivity index is 1.61. The van der Waals surface area contributed by atoms with Crippen molar-refractivity contribution < 1.29 is 19.1 Å². The molecule has 9 heteroatoms. The van der Waals surface area contributed by atoms with Crippen LogP contribution in [-0.2, 0) is 9.47 Å². The number of ether oxygens (including phenoxy) is 2. The Morgan fingerprint density at radius 3 is 2.53 bits per heavy atom. The normalized spacial score (nSPS) is 21.8. The van der Waals surface area contributed by atoms with E-state index >= 15 is 0 Å². The zero-order valence-corrected chi connectivity index (χ0v) is 17.5. The summed E-state index contributed by atoms with van der Waals surface area (Å²) in [6.07, 6.45) is 3.43. The highest BCUT2D eigenvalue weighted by Crippen LogP contribution is 2.26. The van der Waals surface area contributed by atoms with Crippen LogP contribution in [0.25, 0.3) is 5.69 Å². The lowest BCUT2D eigenvalue weighted by atomic mass is 10.0. The molecule has 0 radical (unpaired) electrons. The number of hydrogen-bond acceptors (Lipinski definition) is 6. The number of carbonyl (C=O) groups is 2. The Hall–Kier alpha value is -2.94. The standard InChI is InChI=1S/C21H27N5O4/c1-21(2,3)30-20(28)24-11-8-15-13-29-14-16(12-24)25(15)19(27)17-6-4-5-7-18(17)26-22-9-10-23-26/h4-7,9-10,15-16H,8,11-14H2,1-3H3. The van der Waals surface area contributed by atoms with Crippen molar-refractivity contribution in [2.45, 2.75) is 44.9 Å². The smallest absolute Gasteiger partial charge is 0.410 e. The summed E-state index contributed by atoms with van der Waals surface area (Å²) in [5, 5.41) is 8.35. The highest BCUT2D eigenvalue weighted by Gasteiger charge is 2.41. The largest absolute Gasteiger partial charge is 0.444 e. The first-order valence-corrected chi connectivity index (χ1v) is 10.2. The zero-order valence-electron chi connectivity index (χ0n) is 17.5. The molecule has 2 unspecified atom stereocenters. The molecule has 0 spiro atoms. The number of hydrogen-bond donors (Lipinski definition) is 0. The maximum absolute atomic E-state index is 13.7. The number of nitrogens with zero attached hydrogens (tertiary/aromatic N) is 5. The predicted molar refractivity (Wildman–Crippen MR) is 108 cm³/mol. The van der Waals surface area contributed by atoms with Crippen LogP contribution in [0.15, 0.2) is 36.7 Å². The van der Waals surface area contributed by atoms with Crippen molar-refractivity contribution in [3.8, 4) is 5.69 Å². The summed E-state index contributed by atoms with van der Waals surface area (Å²) in [5.74, 6) is -0.104. The highest BCUT2D eigenvalue weighted by atomic mass is 16.6. The van der Waals surface area contributed by atoms with E-state index in [1.54, 1.807) is 23.4 Å². The van der Waals surface area contributed by atoms with Crippen LogP contribution in [0.4, 0.5) is 4.79 Å². The van der Waals surface area contributed by atoms with Gasteiger partial charge in [0.25, 0.3) is 5.91 Å². The second-order valence-electron chi connectivity index (χ2n) is 8.61. The number of fused-ring (bicyclic) bond motifs is 2. The molecule has 0 saturated carbocycles. The monoisotopic (exact) mass is 413 g/mol. The minimum atomic E-state index is -0.569. The molecule has 2 amide bonds. The lowest BCUT2D eigenvalue weighted by Crippen LogP contribution is -2.56. The van der Waals surface area contributed by atoms with E-state index in [4.69, 9.17) is 9.47 Å². The van der Waals surface area contributed by atoms with Crippen LogP contribution in [-0.4, -0.2) is 80.8 Å². The number of rotatable bonds is 2. The van der Waals surface area contributed by atoms with Gasteiger partial charge in [-0.15, -0.1) is 0 Å². The van der Waals surface area contributed by atoms with Gasteiger partial charge in [0.1, 0.15) is 5.60 Å². The molecule has 2 aromatic rings. The maximum atomic E-state index is 13.7. The van der Waals surface area contributed by atoms with Crippen molar-refractivity contribution in [2.24, 2.45) is 0 Å². The molecule has 2 bridgehead atoms. The van der Waals surface area contributed by atoms with Gasteiger partial charge in [-0.2, -0.15) is 15.0 Å². The van der Waals surface area contributed by atoms with E-state index in [0.29, 0.717) is 44.0 Å². The van der Waals surface area contributed by atoms with Gasteiger partial charge < -0.3 is 19.3 Å². The van der Waals surface area contributed by atoms with Crippen molar-refractivity contribution in [3.63, 3.8) is 0 Å². The molecule has 2 aliphatic rings. The molecule has 4 rings (SSSR count). The van der Waals surface area contributed by atoms with E-state index in [9.17, 15) is 9.59 Å². The molecule has 30 heavy (non-hydrogen) atoms. The molecule has 2 atom stereocenters. The molecule has 2 fully saturated rings. The number of aromatic nitrogens is 3. The Labute approximate surface area is 175 Å². The first-order chi connectivity index (χ1) is 14.3. The lowest BCUT2D eigenvalue weighted by molar-refractivity contribution is -0.0337. The fraction of sp³-hybridized carbons (Fsp3) is 0.524. The minimum Gasteiger partial charge on any atom is -0.444 e. The number of para-hydroxylation sites is 1. The number of carbonyl (C=O) groups excluding carboxylic acids is 2. The topological polar surface area (TPSA) is 89.8 Å². The van der Waals surface area contributed by atoms with Crippen molar-refractivity contribution in [2.75, 3.05) is 26.3 Å². The van der Waals surface area contributed by atoms with E-state index < -0.39 is 5.60 Å². The van der Waals surface area contributed by atoms with E-state index in [1.807, 2.05) is 43.9 Å². The molecule has 2 aliphatic heterocycles. The van der Waals surface area contributed by atoms with Gasteiger partial charge in [-0.1, -0.05) is 12.1 Å². The first kappa shape index (κ1) is 20.3. The summed E-state index contributed by atoms with van der Waals surface area (Å²) < 4.78 is 11.3. The van der Waals surface area contributed by atoms with E-state index in [1.165, 1.54) is 4.80 Å². The number of amides is 2. The van der Waals surface area contributed by atoms with Crippen LogP contribution in [0.5, 0.6) is 0 Å². The van der Waals surface area contributed by atoms with E-state index in [0.717, 1.165) is 0 Å². The molecule has 160 valence electrons. The second-order valence-corrected chi connectivity index (χ2v) is 8.61. The van der Waals surface area contributed by atoms with Crippen LogP contribution >= 0.6 is 0 Å². The van der Waals surface area contributed by atoms with Crippen molar-refractivity contribution >= 4 is 12.0 Å². The van der Waals surface area contributed by atoms with Crippen molar-refractivity contribution in [1.82, 2.24) is 24.8 Å². The quantitative estimate of drug-likeness (QED) is 0.749. The van der Waals surface area contributed by atoms with Crippen LogP contribution in [0.2, 0.25) is 0 Å². The summed E-state index contributed by atoms with van der Waals surface area (Å²) >= 11 is 0. The summed E-state index contributed by atoms with van der Waals surface area (Å²) in [4.78, 5) is 31.3. The molecule has 1 aromatic carbocycles. The van der Waals surface area contributed by atoms with Gasteiger partial charge in [-0.05, 0) is 39.3 Å². The average Bonchev–Trinajstić information content (AvgIpc) is 3.20. The van der Waals surface area contributed by atoms with Crippen LogP contribution < -0.4 is 0 Å². The first-order valence-electron chi connectivity index (χ1n) is 10.2. The third-order valence-corrected chi connectivity index (χ3v) is 5.23. The van der Waals surface area contributed by atoms with E-state index in [-0.39, 0.29) is 24.1 Å². The Kier molecular flexibility index (Phi) is 5.46. The molecule has 1 aromatic heterocycles. The second kappa shape index (κ2) is 8.06. The van der Waals surface area contributed by atoms with Crippen LogP contribution in [0.1, 0.15) is 37.6 Å². The molecule has 9 nitrogen and oxygen atoms in total. The van der Waals surface area contributed by atoms with Gasteiger partial charge in [-0.25, -0.2) is 4.79 Å². The summed E-state index contributed by atoms with van der Waals surface area (Å²) in [5.41, 5.74) is 0.580. The fourth-order valence-electron chi connectivity index (χ4n) is 3.94. The zero-order chi connectivity index (χ0) is 21.3. The van der Waals surface area contributed by atoms with Gasteiger partial charge in [0, 0.05) is 13.1 Å². The van der Waals surface area contributed by atoms with Gasteiger partial charge in [0.15, 0.2) is 0 Å². The number of benzene rings is 1. The fourth-order valence-corrected chi connectivity index (χ4v) is 3.94. The molecule has 2 saturated heterocycles. The molecular formula is C21H27N5O4. The highest BCUT2D eigenvalue weighted by molar-refractivity contribution is 5.98. The third-order valence-electron chi connectivity index (χ3n) is 5.23. The maximum Gasteiger partial charge on any atom is 0.410 e. The van der Waals surface area contributed by atoms with Crippen LogP contribution in [0, 0.1) is 0 Å².